The number of benzene rings is 3. The van der Waals surface area contributed by atoms with Crippen LogP contribution in [0.25, 0.3) is 6.08 Å². The van der Waals surface area contributed by atoms with Gasteiger partial charge in [-0.15, -0.1) is 0 Å². The van der Waals surface area contributed by atoms with Crippen molar-refractivity contribution in [2.24, 2.45) is 4.99 Å². The van der Waals surface area contributed by atoms with Gasteiger partial charge in [0.1, 0.15) is 12.4 Å². The second kappa shape index (κ2) is 14.2. The Balaban J connectivity index is 1.58. The number of fused-ring (bicyclic) bond motifs is 1. The number of thiazole rings is 1. The molecule has 1 atom stereocenters. The fraction of sp³-hybridized carbons (Fsp3) is 0.219. The van der Waals surface area contributed by atoms with E-state index in [2.05, 4.69) is 20.9 Å². The first-order chi connectivity index (χ1) is 22.0. The summed E-state index contributed by atoms with van der Waals surface area (Å²) in [6, 6.07) is 14.2. The average molecular weight is 747 g/mol. The van der Waals surface area contributed by atoms with Crippen LogP contribution in [0, 0.1) is 10.1 Å². The molecule has 14 heteroatoms. The number of carbonyl (C=O) groups is 1. The summed E-state index contributed by atoms with van der Waals surface area (Å²) in [6.07, 6.45) is 1.54. The molecule has 4 aromatic rings. The van der Waals surface area contributed by atoms with Gasteiger partial charge in [-0.3, -0.25) is 19.5 Å². The normalized spacial score (nSPS) is 14.5. The molecule has 2 heterocycles. The Labute approximate surface area is 285 Å². The van der Waals surface area contributed by atoms with Gasteiger partial charge >= 0.3 is 11.7 Å². The standard InChI is InChI=1S/C32H26BrCl2N3O7S/c1-4-43-21-9-7-20(8-10-21)28-27(31(40)44-5-2)17(3)36-32-37(28)30(39)26(46-32)15-19-12-22(33)29(25(14-19)38(41)42)45-16-18-6-11-23(34)24(35)13-18/h6-15,28H,4-5,16H2,1-3H3/b26-15-/t28-/m0/s1. The molecule has 0 bridgehead atoms. The molecule has 3 aromatic carbocycles. The molecular weight excluding hydrogens is 721 g/mol. The third-order valence-corrected chi connectivity index (χ3v) is 9.24. The van der Waals surface area contributed by atoms with Crippen molar-refractivity contribution in [3.05, 3.63) is 127 Å². The maximum atomic E-state index is 14.0. The average Bonchev–Trinajstić information content (AvgIpc) is 3.31. The molecule has 0 aliphatic carbocycles. The van der Waals surface area contributed by atoms with Crippen LogP contribution < -0.4 is 24.4 Å². The van der Waals surface area contributed by atoms with E-state index in [0.717, 1.165) is 11.3 Å². The Hall–Kier alpha value is -3.97. The van der Waals surface area contributed by atoms with Gasteiger partial charge in [0.15, 0.2) is 4.80 Å². The topological polar surface area (TPSA) is 122 Å². The van der Waals surface area contributed by atoms with Crippen molar-refractivity contribution in [2.75, 3.05) is 13.2 Å². The molecule has 0 N–H and O–H groups in total. The van der Waals surface area contributed by atoms with Crippen LogP contribution in [0.15, 0.2) is 80.1 Å². The van der Waals surface area contributed by atoms with Crippen molar-refractivity contribution in [3.8, 4) is 11.5 Å². The van der Waals surface area contributed by atoms with Crippen molar-refractivity contribution in [2.45, 2.75) is 33.4 Å². The van der Waals surface area contributed by atoms with E-state index in [0.29, 0.717) is 54.1 Å². The molecular formula is C32H26BrCl2N3O7S. The van der Waals surface area contributed by atoms with Crippen molar-refractivity contribution in [1.29, 1.82) is 0 Å². The van der Waals surface area contributed by atoms with Gasteiger partial charge in [0.05, 0.1) is 54.5 Å². The van der Waals surface area contributed by atoms with Gasteiger partial charge in [0.25, 0.3) is 5.56 Å². The minimum Gasteiger partial charge on any atom is -0.494 e. The second-order valence-electron chi connectivity index (χ2n) is 9.95. The molecule has 238 valence electrons. The summed E-state index contributed by atoms with van der Waals surface area (Å²) >= 11 is 16.6. The molecule has 1 aliphatic rings. The number of nitrogens with zero attached hydrogens (tertiary/aromatic N) is 3. The number of esters is 1. The quantitative estimate of drug-likeness (QED) is 0.1000. The summed E-state index contributed by atoms with van der Waals surface area (Å²) in [5.74, 6) is 0.0846. The Kier molecular flexibility index (Phi) is 10.3. The van der Waals surface area contributed by atoms with Crippen molar-refractivity contribution in [3.63, 3.8) is 0 Å². The first-order valence-electron chi connectivity index (χ1n) is 14.0. The van der Waals surface area contributed by atoms with Crippen molar-refractivity contribution < 1.29 is 23.9 Å². The van der Waals surface area contributed by atoms with E-state index in [9.17, 15) is 19.7 Å². The number of halogens is 3. The van der Waals surface area contributed by atoms with E-state index in [1.807, 2.05) is 6.92 Å². The molecule has 10 nitrogen and oxygen atoms in total. The lowest BCUT2D eigenvalue weighted by Crippen LogP contribution is -2.39. The number of hydrogen-bond donors (Lipinski definition) is 0. The van der Waals surface area contributed by atoms with E-state index in [4.69, 9.17) is 37.4 Å². The maximum Gasteiger partial charge on any atom is 0.338 e. The highest BCUT2D eigenvalue weighted by molar-refractivity contribution is 9.10. The fourth-order valence-corrected chi connectivity index (χ4v) is 6.87. The van der Waals surface area contributed by atoms with E-state index in [1.165, 1.54) is 10.6 Å². The summed E-state index contributed by atoms with van der Waals surface area (Å²) in [5.41, 5.74) is 1.65. The summed E-state index contributed by atoms with van der Waals surface area (Å²) in [4.78, 5) is 43.6. The number of hydrogen-bond acceptors (Lipinski definition) is 9. The van der Waals surface area contributed by atoms with Crippen LogP contribution in [0.1, 0.15) is 43.5 Å². The monoisotopic (exact) mass is 745 g/mol. The lowest BCUT2D eigenvalue weighted by molar-refractivity contribution is -0.386. The van der Waals surface area contributed by atoms with Gasteiger partial charge in [-0.1, -0.05) is 52.7 Å². The number of aromatic nitrogens is 1. The lowest BCUT2D eigenvalue weighted by atomic mass is 9.96. The first kappa shape index (κ1) is 33.4. The molecule has 46 heavy (non-hydrogen) atoms. The third-order valence-electron chi connectivity index (χ3n) is 6.93. The number of allylic oxidation sites excluding steroid dienone is 1. The Bertz CT molecular complexity index is 2060. The third kappa shape index (κ3) is 6.90. The number of carbonyl (C=O) groups excluding carboxylic acids is 1. The molecule has 0 unspecified atom stereocenters. The van der Waals surface area contributed by atoms with E-state index in [1.54, 1.807) is 68.5 Å². The van der Waals surface area contributed by atoms with Crippen LogP contribution in [-0.2, 0) is 16.1 Å². The van der Waals surface area contributed by atoms with Crippen molar-refractivity contribution in [1.82, 2.24) is 4.57 Å². The molecule has 1 aliphatic heterocycles. The van der Waals surface area contributed by atoms with Crippen LogP contribution in [0.2, 0.25) is 10.0 Å². The largest absolute Gasteiger partial charge is 0.494 e. The highest BCUT2D eigenvalue weighted by atomic mass is 79.9. The second-order valence-corrected chi connectivity index (χ2v) is 12.6. The predicted octanol–water partition coefficient (Wildman–Crippen LogP) is 6.75. The van der Waals surface area contributed by atoms with Gasteiger partial charge in [-0.2, -0.15) is 0 Å². The highest BCUT2D eigenvalue weighted by Gasteiger charge is 2.33. The number of nitro groups is 1. The molecule has 0 fully saturated rings. The first-order valence-corrected chi connectivity index (χ1v) is 16.4. The molecule has 0 radical (unpaired) electrons. The number of rotatable bonds is 10. The zero-order valence-electron chi connectivity index (χ0n) is 24.7. The van der Waals surface area contributed by atoms with Crippen LogP contribution in [0.3, 0.4) is 0 Å². The van der Waals surface area contributed by atoms with E-state index < -0.39 is 22.5 Å². The Morgan fingerprint density at radius 2 is 1.83 bits per heavy atom. The smallest absolute Gasteiger partial charge is 0.338 e. The molecule has 0 amide bonds. The maximum absolute atomic E-state index is 14.0. The summed E-state index contributed by atoms with van der Waals surface area (Å²) < 4.78 is 18.8. The Morgan fingerprint density at radius 3 is 2.48 bits per heavy atom. The minimum atomic E-state index is -0.814. The lowest BCUT2D eigenvalue weighted by Gasteiger charge is -2.24. The zero-order valence-corrected chi connectivity index (χ0v) is 28.6. The molecule has 1 aromatic heterocycles. The van der Waals surface area contributed by atoms with Crippen molar-refractivity contribution >= 4 is 68.2 Å². The molecule has 0 saturated carbocycles. The summed E-state index contributed by atoms with van der Waals surface area (Å²) in [5, 5.41) is 12.8. The zero-order chi connectivity index (χ0) is 33.1. The number of ether oxygens (including phenoxy) is 3. The Morgan fingerprint density at radius 1 is 1.09 bits per heavy atom. The predicted molar refractivity (Wildman–Crippen MR) is 180 cm³/mol. The molecule has 0 saturated heterocycles. The van der Waals surface area contributed by atoms with Gasteiger partial charge in [0.2, 0.25) is 5.75 Å². The summed E-state index contributed by atoms with van der Waals surface area (Å²) in [6.45, 7) is 5.92. The van der Waals surface area contributed by atoms with Gasteiger partial charge in [-0.25, -0.2) is 9.79 Å². The van der Waals surface area contributed by atoms with E-state index in [-0.39, 0.29) is 34.8 Å². The van der Waals surface area contributed by atoms with Crippen LogP contribution in [0.4, 0.5) is 5.69 Å². The van der Waals surface area contributed by atoms with Crippen LogP contribution in [-0.4, -0.2) is 28.7 Å². The van der Waals surface area contributed by atoms with E-state index >= 15 is 0 Å². The van der Waals surface area contributed by atoms with Gasteiger partial charge in [0, 0.05) is 6.07 Å². The van der Waals surface area contributed by atoms with Crippen LogP contribution in [0.5, 0.6) is 11.5 Å². The van der Waals surface area contributed by atoms with Gasteiger partial charge < -0.3 is 14.2 Å². The summed E-state index contributed by atoms with van der Waals surface area (Å²) in [7, 11) is 0. The minimum absolute atomic E-state index is 0.00196. The SMILES string of the molecule is CCOC(=O)C1=C(C)N=c2s/c(=C\c3cc(Br)c(OCc4ccc(Cl)c(Cl)c4)c([N+](=O)[O-])c3)c(=O)n2[C@H]1c1ccc(OCC)cc1. The fourth-order valence-electron chi connectivity index (χ4n) is 4.92. The van der Waals surface area contributed by atoms with Gasteiger partial charge in [-0.05, 0) is 89.8 Å². The highest BCUT2D eigenvalue weighted by Crippen LogP contribution is 2.38. The molecule has 0 spiro atoms. The van der Waals surface area contributed by atoms with Crippen LogP contribution >= 0.6 is 50.5 Å². The molecule has 5 rings (SSSR count). The number of nitro benzene ring substituents is 1.